The van der Waals surface area contributed by atoms with Crippen LogP contribution < -0.4 is 5.73 Å². The normalized spacial score (nSPS) is 29.9. The van der Waals surface area contributed by atoms with Crippen LogP contribution in [0, 0.1) is 5.41 Å². The van der Waals surface area contributed by atoms with Crippen LogP contribution in [0.5, 0.6) is 0 Å². The number of carbonyl (C=O) groups excluding carboxylic acids is 1. The lowest BCUT2D eigenvalue weighted by atomic mass is 9.69. The number of thiophene rings is 1. The second kappa shape index (κ2) is 5.77. The number of benzene rings is 1. The lowest BCUT2D eigenvalue weighted by Gasteiger charge is -2.35. The topological polar surface area (TPSA) is 46.3 Å². The molecule has 2 aliphatic heterocycles. The molecule has 3 nitrogen and oxygen atoms in total. The minimum atomic E-state index is -0.402. The Morgan fingerprint density at radius 1 is 1.22 bits per heavy atom. The van der Waals surface area contributed by atoms with Gasteiger partial charge in [0.1, 0.15) is 0 Å². The lowest BCUT2D eigenvalue weighted by Crippen LogP contribution is -2.48. The molecule has 1 aromatic carbocycles. The molecule has 4 heteroatoms. The highest BCUT2D eigenvalue weighted by molar-refractivity contribution is 7.07. The van der Waals surface area contributed by atoms with Crippen molar-refractivity contribution in [1.82, 2.24) is 4.90 Å². The fourth-order valence-electron chi connectivity index (χ4n) is 4.64. The molecule has 4 rings (SSSR count). The molecule has 23 heavy (non-hydrogen) atoms. The zero-order valence-electron chi connectivity index (χ0n) is 13.2. The number of fused-ring (bicyclic) bond motifs is 2. The molecule has 2 fully saturated rings. The third-order valence-electron chi connectivity index (χ3n) is 5.68. The molecular formula is C19H22N2OS. The molecule has 1 aromatic heterocycles. The van der Waals surface area contributed by atoms with Crippen molar-refractivity contribution in [2.24, 2.45) is 11.1 Å². The Hall–Kier alpha value is -1.65. The number of nitrogens with zero attached hydrogens (tertiary/aromatic N) is 1. The van der Waals surface area contributed by atoms with E-state index in [1.54, 1.807) is 11.3 Å². The Balaban J connectivity index is 1.62. The van der Waals surface area contributed by atoms with Crippen LogP contribution in [0.4, 0.5) is 0 Å². The van der Waals surface area contributed by atoms with Crippen molar-refractivity contribution in [2.45, 2.75) is 44.3 Å². The Labute approximate surface area is 141 Å². The largest absolute Gasteiger partial charge is 0.369 e. The van der Waals surface area contributed by atoms with Crippen LogP contribution in [0.15, 0.2) is 47.2 Å². The molecule has 0 radical (unpaired) electrons. The summed E-state index contributed by atoms with van der Waals surface area (Å²) in [6, 6.07) is 13.3. The van der Waals surface area contributed by atoms with Gasteiger partial charge in [0.2, 0.25) is 5.91 Å². The van der Waals surface area contributed by atoms with Gasteiger partial charge in [-0.3, -0.25) is 9.69 Å². The second-order valence-electron chi connectivity index (χ2n) is 6.94. The zero-order valence-corrected chi connectivity index (χ0v) is 14.0. The van der Waals surface area contributed by atoms with Gasteiger partial charge >= 0.3 is 0 Å². The molecule has 0 saturated carbocycles. The summed E-state index contributed by atoms with van der Waals surface area (Å²) in [5.74, 6) is -0.121. The van der Waals surface area contributed by atoms with Gasteiger partial charge in [-0.25, -0.2) is 0 Å². The number of carbonyl (C=O) groups is 1. The summed E-state index contributed by atoms with van der Waals surface area (Å²) >= 11 is 1.74. The lowest BCUT2D eigenvalue weighted by molar-refractivity contribution is -0.129. The first-order chi connectivity index (χ1) is 11.2. The number of amides is 1. The number of hydrogen-bond acceptors (Lipinski definition) is 3. The van der Waals surface area contributed by atoms with E-state index in [0.29, 0.717) is 6.04 Å². The van der Waals surface area contributed by atoms with Crippen LogP contribution in [-0.2, 0) is 17.8 Å². The maximum Gasteiger partial charge on any atom is 0.225 e. The molecule has 2 N–H and O–H groups in total. The van der Waals surface area contributed by atoms with Gasteiger partial charge in [-0.05, 0) is 53.6 Å². The van der Waals surface area contributed by atoms with Crippen LogP contribution >= 0.6 is 11.3 Å². The van der Waals surface area contributed by atoms with Crippen LogP contribution in [-0.4, -0.2) is 22.9 Å². The number of primary amides is 1. The molecule has 2 aromatic rings. The maximum atomic E-state index is 12.5. The van der Waals surface area contributed by atoms with Crippen LogP contribution in [0.1, 0.15) is 30.4 Å². The highest BCUT2D eigenvalue weighted by atomic mass is 32.1. The van der Waals surface area contributed by atoms with Gasteiger partial charge in [0.25, 0.3) is 0 Å². The van der Waals surface area contributed by atoms with E-state index >= 15 is 0 Å². The third-order valence-corrected chi connectivity index (χ3v) is 6.41. The molecule has 3 heterocycles. The fourth-order valence-corrected chi connectivity index (χ4v) is 5.30. The minimum absolute atomic E-state index is 0.121. The summed E-state index contributed by atoms with van der Waals surface area (Å²) in [6.45, 7) is 0.947. The monoisotopic (exact) mass is 326 g/mol. The van der Waals surface area contributed by atoms with Crippen molar-refractivity contribution in [3.05, 3.63) is 58.3 Å². The molecule has 120 valence electrons. The maximum absolute atomic E-state index is 12.5. The van der Waals surface area contributed by atoms with E-state index in [2.05, 4.69) is 33.9 Å². The predicted octanol–water partition coefficient (Wildman–Crippen LogP) is 3.20. The van der Waals surface area contributed by atoms with Crippen molar-refractivity contribution in [1.29, 1.82) is 0 Å². The number of rotatable bonds is 5. The minimum Gasteiger partial charge on any atom is -0.369 e. The SMILES string of the molecule is NC(=O)[C@]1(Cc2ccccc2)C[C@@H]2CC[C@H]1N2Cc1ccsc1. The summed E-state index contributed by atoms with van der Waals surface area (Å²) < 4.78 is 0. The number of hydrogen-bond donors (Lipinski definition) is 1. The van der Waals surface area contributed by atoms with E-state index in [1.165, 1.54) is 17.5 Å². The average molecular weight is 326 g/mol. The van der Waals surface area contributed by atoms with Gasteiger partial charge in [0.05, 0.1) is 5.41 Å². The van der Waals surface area contributed by atoms with E-state index in [0.717, 1.165) is 25.8 Å². The van der Waals surface area contributed by atoms with E-state index in [-0.39, 0.29) is 11.9 Å². The van der Waals surface area contributed by atoms with Crippen LogP contribution in [0.25, 0.3) is 0 Å². The van der Waals surface area contributed by atoms with E-state index in [9.17, 15) is 4.79 Å². The Morgan fingerprint density at radius 3 is 2.74 bits per heavy atom. The molecule has 0 aliphatic carbocycles. The van der Waals surface area contributed by atoms with Gasteiger partial charge in [-0.1, -0.05) is 30.3 Å². The van der Waals surface area contributed by atoms with Crippen LogP contribution in [0.2, 0.25) is 0 Å². The Bertz CT molecular complexity index is 685. The molecular weight excluding hydrogens is 304 g/mol. The predicted molar refractivity (Wildman–Crippen MR) is 93.1 cm³/mol. The molecule has 2 saturated heterocycles. The quantitative estimate of drug-likeness (QED) is 0.917. The van der Waals surface area contributed by atoms with Crippen LogP contribution in [0.3, 0.4) is 0 Å². The smallest absolute Gasteiger partial charge is 0.225 e. The van der Waals surface area contributed by atoms with Gasteiger partial charge in [0, 0.05) is 18.6 Å². The van der Waals surface area contributed by atoms with E-state index < -0.39 is 5.41 Å². The average Bonchev–Trinajstić information content (AvgIpc) is 3.26. The van der Waals surface area contributed by atoms with Crippen molar-refractivity contribution in [3.63, 3.8) is 0 Å². The first kappa shape index (κ1) is 14.9. The molecule has 3 atom stereocenters. The van der Waals surface area contributed by atoms with Gasteiger partial charge in [-0.15, -0.1) is 0 Å². The number of nitrogens with two attached hydrogens (primary N) is 1. The third kappa shape index (κ3) is 2.50. The van der Waals surface area contributed by atoms with Crippen molar-refractivity contribution < 1.29 is 4.79 Å². The summed E-state index contributed by atoms with van der Waals surface area (Å²) in [5.41, 5.74) is 8.11. The summed E-state index contributed by atoms with van der Waals surface area (Å²) in [6.07, 6.45) is 3.96. The summed E-state index contributed by atoms with van der Waals surface area (Å²) in [5, 5.41) is 4.33. The second-order valence-corrected chi connectivity index (χ2v) is 7.72. The Morgan fingerprint density at radius 2 is 2.04 bits per heavy atom. The van der Waals surface area contributed by atoms with E-state index in [1.807, 2.05) is 18.2 Å². The van der Waals surface area contributed by atoms with Gasteiger partial charge in [0.15, 0.2) is 0 Å². The first-order valence-electron chi connectivity index (χ1n) is 8.30. The van der Waals surface area contributed by atoms with Gasteiger partial charge < -0.3 is 5.73 Å². The Kier molecular flexibility index (Phi) is 3.74. The van der Waals surface area contributed by atoms with Crippen molar-refractivity contribution in [2.75, 3.05) is 0 Å². The van der Waals surface area contributed by atoms with Crippen molar-refractivity contribution in [3.8, 4) is 0 Å². The first-order valence-corrected chi connectivity index (χ1v) is 9.24. The van der Waals surface area contributed by atoms with E-state index in [4.69, 9.17) is 5.73 Å². The fraction of sp³-hybridized carbons (Fsp3) is 0.421. The standard InChI is InChI=1S/C19H22N2OS/c20-18(22)19(10-14-4-2-1-3-5-14)11-16-6-7-17(19)21(16)12-15-8-9-23-13-15/h1-5,8-9,13,16-17H,6-7,10-12H2,(H2,20,22)/t16-,17+,19+/m0/s1. The highest BCUT2D eigenvalue weighted by Crippen LogP contribution is 2.52. The molecule has 2 aliphatic rings. The van der Waals surface area contributed by atoms with Gasteiger partial charge in [-0.2, -0.15) is 11.3 Å². The molecule has 0 spiro atoms. The zero-order chi connectivity index (χ0) is 15.9. The molecule has 2 bridgehead atoms. The molecule has 1 amide bonds. The summed E-state index contributed by atoms with van der Waals surface area (Å²) in [7, 11) is 0. The van der Waals surface area contributed by atoms with Crippen molar-refractivity contribution >= 4 is 17.2 Å². The highest BCUT2D eigenvalue weighted by Gasteiger charge is 2.58. The summed E-state index contributed by atoms with van der Waals surface area (Å²) in [4.78, 5) is 15.0. The molecule has 0 unspecified atom stereocenters.